The van der Waals surface area contributed by atoms with Gasteiger partial charge in [-0.25, -0.2) is 14.3 Å². The van der Waals surface area contributed by atoms with Gasteiger partial charge in [-0.15, -0.1) is 5.10 Å². The highest BCUT2D eigenvalue weighted by Gasteiger charge is 2.17. The Morgan fingerprint density at radius 2 is 1.92 bits per heavy atom. The van der Waals surface area contributed by atoms with E-state index in [1.54, 1.807) is 0 Å². The van der Waals surface area contributed by atoms with Crippen LogP contribution in [-0.2, 0) is 16.0 Å². The van der Waals surface area contributed by atoms with Crippen LogP contribution in [0.15, 0.2) is 36.4 Å². The van der Waals surface area contributed by atoms with E-state index in [-0.39, 0.29) is 18.3 Å². The van der Waals surface area contributed by atoms with E-state index in [2.05, 4.69) is 20.4 Å². The number of hydrogen-bond donors (Lipinski definition) is 1. The highest BCUT2D eigenvalue weighted by atomic mass is 16.5. The Kier molecular flexibility index (Phi) is 5.21. The lowest BCUT2D eigenvalue weighted by Gasteiger charge is -2.05. The Morgan fingerprint density at radius 1 is 1.15 bits per heavy atom. The number of benzene rings is 1. The quantitative estimate of drug-likeness (QED) is 0.670. The summed E-state index contributed by atoms with van der Waals surface area (Å²) in [5, 5.41) is 6.78. The van der Waals surface area contributed by atoms with E-state index in [0.717, 1.165) is 17.0 Å². The second kappa shape index (κ2) is 7.73. The van der Waals surface area contributed by atoms with Crippen molar-refractivity contribution in [2.45, 2.75) is 20.3 Å². The zero-order chi connectivity index (χ0) is 18.5. The number of fused-ring (bicyclic) bond motifs is 1. The van der Waals surface area contributed by atoms with Crippen molar-refractivity contribution in [2.24, 2.45) is 0 Å². The topological polar surface area (TPSA) is 98.5 Å². The summed E-state index contributed by atoms with van der Waals surface area (Å²) in [6, 6.07) is 11.6. The molecule has 0 fully saturated rings. The molecule has 0 aliphatic heterocycles. The number of aryl methyl sites for hydroxylation is 2. The largest absolute Gasteiger partial charge is 0.450 e. The fraction of sp³-hybridized carbons (Fsp3) is 0.278. The van der Waals surface area contributed by atoms with E-state index in [9.17, 15) is 9.59 Å². The number of nitrogens with one attached hydrogen (secondary N) is 1. The molecule has 2 aromatic heterocycles. The first-order valence-corrected chi connectivity index (χ1v) is 8.21. The van der Waals surface area contributed by atoms with E-state index in [4.69, 9.17) is 4.74 Å². The summed E-state index contributed by atoms with van der Waals surface area (Å²) >= 11 is 0. The molecule has 0 unspecified atom stereocenters. The number of aromatic nitrogens is 4. The van der Waals surface area contributed by atoms with Gasteiger partial charge in [0.05, 0.1) is 0 Å². The first-order valence-electron chi connectivity index (χ1n) is 8.21. The number of rotatable bonds is 6. The Hall–Kier alpha value is -3.29. The van der Waals surface area contributed by atoms with Gasteiger partial charge in [-0.3, -0.25) is 4.79 Å². The minimum Gasteiger partial charge on any atom is -0.450 e. The van der Waals surface area contributed by atoms with Gasteiger partial charge in [0, 0.05) is 17.9 Å². The summed E-state index contributed by atoms with van der Waals surface area (Å²) in [6.45, 7) is 3.76. The number of carbonyl (C=O) groups excluding carboxylic acids is 2. The number of ether oxygens (including phenoxy) is 1. The molecular weight excluding hydrogens is 334 g/mol. The zero-order valence-electron chi connectivity index (χ0n) is 14.6. The highest BCUT2D eigenvalue weighted by molar-refractivity contribution is 5.88. The number of amides is 1. The molecule has 0 aliphatic carbocycles. The first kappa shape index (κ1) is 17.5. The molecule has 1 aromatic carbocycles. The summed E-state index contributed by atoms with van der Waals surface area (Å²) in [5.41, 5.74) is 2.70. The fourth-order valence-electron chi connectivity index (χ4n) is 2.49. The van der Waals surface area contributed by atoms with E-state index in [1.165, 1.54) is 4.52 Å². The molecule has 2 heterocycles. The SMILES string of the molecule is Cc1cc(C)n2nc(C(=O)OCC(=O)NCCc3ccccc3)nc2n1. The maximum absolute atomic E-state index is 12.0. The molecule has 0 bridgehead atoms. The number of hydrogen-bond acceptors (Lipinski definition) is 6. The number of carbonyl (C=O) groups is 2. The van der Waals surface area contributed by atoms with Crippen molar-refractivity contribution in [2.75, 3.05) is 13.2 Å². The molecule has 3 rings (SSSR count). The average Bonchev–Trinajstić information content (AvgIpc) is 3.05. The summed E-state index contributed by atoms with van der Waals surface area (Å²) in [6.07, 6.45) is 0.707. The lowest BCUT2D eigenvalue weighted by molar-refractivity contribution is -0.124. The monoisotopic (exact) mass is 353 g/mol. The highest BCUT2D eigenvalue weighted by Crippen LogP contribution is 2.06. The molecular formula is C18H19N5O3. The van der Waals surface area contributed by atoms with Crippen molar-refractivity contribution >= 4 is 17.7 Å². The lowest BCUT2D eigenvalue weighted by Crippen LogP contribution is -2.30. The van der Waals surface area contributed by atoms with Gasteiger partial charge in [-0.2, -0.15) is 4.98 Å². The van der Waals surface area contributed by atoms with E-state index in [1.807, 2.05) is 50.2 Å². The van der Waals surface area contributed by atoms with Crippen LogP contribution in [0.3, 0.4) is 0 Å². The van der Waals surface area contributed by atoms with Gasteiger partial charge in [0.2, 0.25) is 0 Å². The van der Waals surface area contributed by atoms with Crippen molar-refractivity contribution in [1.82, 2.24) is 24.9 Å². The van der Waals surface area contributed by atoms with Crippen LogP contribution in [-0.4, -0.2) is 44.6 Å². The number of esters is 1. The molecule has 0 radical (unpaired) electrons. The Balaban J connectivity index is 1.50. The molecule has 0 aliphatic rings. The predicted molar refractivity (Wildman–Crippen MR) is 93.7 cm³/mol. The van der Waals surface area contributed by atoms with Crippen molar-refractivity contribution in [1.29, 1.82) is 0 Å². The van der Waals surface area contributed by atoms with Gasteiger partial charge < -0.3 is 10.1 Å². The molecule has 1 amide bonds. The molecule has 3 aromatic rings. The molecule has 0 atom stereocenters. The molecule has 0 spiro atoms. The Morgan fingerprint density at radius 3 is 2.69 bits per heavy atom. The molecule has 26 heavy (non-hydrogen) atoms. The van der Waals surface area contributed by atoms with Crippen LogP contribution in [0.5, 0.6) is 0 Å². The van der Waals surface area contributed by atoms with Crippen molar-refractivity contribution in [3.63, 3.8) is 0 Å². The second-order valence-corrected chi connectivity index (χ2v) is 5.85. The standard InChI is InChI=1S/C18H19N5O3/c1-12-10-13(2)23-18(20-12)21-16(22-23)17(25)26-11-15(24)19-9-8-14-6-4-3-5-7-14/h3-7,10H,8-9,11H2,1-2H3,(H,19,24). The third kappa shape index (κ3) is 4.21. The zero-order valence-corrected chi connectivity index (χ0v) is 14.6. The van der Waals surface area contributed by atoms with E-state index in [0.29, 0.717) is 18.7 Å². The molecule has 0 saturated heterocycles. The maximum Gasteiger partial charge on any atom is 0.378 e. The second-order valence-electron chi connectivity index (χ2n) is 5.85. The Bertz CT molecular complexity index is 937. The van der Waals surface area contributed by atoms with Gasteiger partial charge >= 0.3 is 5.97 Å². The molecule has 1 N–H and O–H groups in total. The van der Waals surface area contributed by atoms with Gasteiger partial charge in [-0.1, -0.05) is 30.3 Å². The first-order chi connectivity index (χ1) is 12.5. The van der Waals surface area contributed by atoms with Crippen LogP contribution >= 0.6 is 0 Å². The summed E-state index contributed by atoms with van der Waals surface area (Å²) < 4.78 is 6.44. The molecule has 134 valence electrons. The minimum absolute atomic E-state index is 0.122. The maximum atomic E-state index is 12.0. The smallest absolute Gasteiger partial charge is 0.378 e. The normalized spacial score (nSPS) is 10.7. The van der Waals surface area contributed by atoms with E-state index >= 15 is 0 Å². The fourth-order valence-corrected chi connectivity index (χ4v) is 2.49. The molecule has 0 saturated carbocycles. The van der Waals surface area contributed by atoms with Crippen molar-refractivity contribution in [3.8, 4) is 0 Å². The van der Waals surface area contributed by atoms with Crippen LogP contribution in [0.2, 0.25) is 0 Å². The van der Waals surface area contributed by atoms with Gasteiger partial charge in [0.1, 0.15) is 0 Å². The third-order valence-electron chi connectivity index (χ3n) is 3.71. The summed E-state index contributed by atoms with van der Waals surface area (Å²) in [4.78, 5) is 32.1. The van der Waals surface area contributed by atoms with Gasteiger partial charge in [-0.05, 0) is 31.9 Å². The summed E-state index contributed by atoms with van der Waals surface area (Å²) in [7, 11) is 0. The van der Waals surface area contributed by atoms with Crippen molar-refractivity contribution in [3.05, 3.63) is 59.2 Å². The predicted octanol–water partition coefficient (Wildman–Crippen LogP) is 1.26. The average molecular weight is 353 g/mol. The molecule has 8 nitrogen and oxygen atoms in total. The van der Waals surface area contributed by atoms with Crippen molar-refractivity contribution < 1.29 is 14.3 Å². The Labute approximate surface area is 150 Å². The van der Waals surface area contributed by atoms with Gasteiger partial charge in [0.15, 0.2) is 6.61 Å². The van der Waals surface area contributed by atoms with Crippen LogP contribution < -0.4 is 5.32 Å². The lowest BCUT2D eigenvalue weighted by atomic mass is 10.1. The van der Waals surface area contributed by atoms with Gasteiger partial charge in [0.25, 0.3) is 17.5 Å². The molecule has 8 heteroatoms. The third-order valence-corrected chi connectivity index (χ3v) is 3.71. The minimum atomic E-state index is -0.759. The van der Waals surface area contributed by atoms with Crippen LogP contribution in [0.25, 0.3) is 5.78 Å². The van der Waals surface area contributed by atoms with E-state index < -0.39 is 5.97 Å². The van der Waals surface area contributed by atoms with Crippen LogP contribution in [0.4, 0.5) is 0 Å². The number of nitrogens with zero attached hydrogens (tertiary/aromatic N) is 4. The van der Waals surface area contributed by atoms with Crippen LogP contribution in [0.1, 0.15) is 27.6 Å². The summed E-state index contributed by atoms with van der Waals surface area (Å²) in [5.74, 6) is -0.931. The van der Waals surface area contributed by atoms with Crippen LogP contribution in [0, 0.1) is 13.8 Å².